The lowest BCUT2D eigenvalue weighted by molar-refractivity contribution is -0.136. The maximum atomic E-state index is 13.5. The number of halogens is 1. The Bertz CT molecular complexity index is 1270. The van der Waals surface area contributed by atoms with E-state index in [0.29, 0.717) is 51.8 Å². The van der Waals surface area contributed by atoms with Crippen LogP contribution in [0.1, 0.15) is 41.3 Å². The van der Waals surface area contributed by atoms with Gasteiger partial charge in [-0.05, 0) is 31.5 Å². The first-order chi connectivity index (χ1) is 15.9. The van der Waals surface area contributed by atoms with Gasteiger partial charge in [-0.15, -0.1) is 6.42 Å². The van der Waals surface area contributed by atoms with Crippen molar-refractivity contribution in [3.8, 4) is 23.8 Å². The lowest BCUT2D eigenvalue weighted by atomic mass is 9.79. The zero-order valence-electron chi connectivity index (χ0n) is 18.5. The number of dihydropyridines is 1. The molecule has 7 heteroatoms. The van der Waals surface area contributed by atoms with Gasteiger partial charge in [-0.3, -0.25) is 4.79 Å². The SMILES string of the molecule is C#CCOc1c(Cl)cc([C@H]2C(C(=O)OC)=C(C)NC3=C2C(=O)c2ccccc23)cc1OCC. The summed E-state index contributed by atoms with van der Waals surface area (Å²) in [6, 6.07) is 10.7. The molecule has 4 rings (SSSR count). The second-order valence-electron chi connectivity index (χ2n) is 7.51. The molecule has 1 aliphatic heterocycles. The Labute approximate surface area is 197 Å². The zero-order chi connectivity index (χ0) is 23.7. The van der Waals surface area contributed by atoms with E-state index in [1.54, 1.807) is 25.1 Å². The van der Waals surface area contributed by atoms with Crippen molar-refractivity contribution in [1.29, 1.82) is 0 Å². The number of fused-ring (bicyclic) bond motifs is 2. The van der Waals surface area contributed by atoms with Crippen LogP contribution in [0.15, 0.2) is 53.2 Å². The summed E-state index contributed by atoms with van der Waals surface area (Å²) in [5.74, 6) is 1.68. The Balaban J connectivity index is 1.94. The average Bonchev–Trinajstić information content (AvgIpc) is 3.09. The summed E-state index contributed by atoms with van der Waals surface area (Å²) in [6.07, 6.45) is 5.33. The summed E-state index contributed by atoms with van der Waals surface area (Å²) < 4.78 is 16.4. The molecule has 33 heavy (non-hydrogen) atoms. The lowest BCUT2D eigenvalue weighted by Gasteiger charge is -2.29. The molecule has 0 amide bonds. The number of ketones is 1. The fraction of sp³-hybridized carbons (Fsp3) is 0.231. The molecule has 0 aromatic heterocycles. The van der Waals surface area contributed by atoms with Crippen molar-refractivity contribution < 1.29 is 23.8 Å². The number of hydrogen-bond donors (Lipinski definition) is 1. The maximum Gasteiger partial charge on any atom is 0.336 e. The van der Waals surface area contributed by atoms with Crippen molar-refractivity contribution in [3.63, 3.8) is 0 Å². The van der Waals surface area contributed by atoms with Crippen LogP contribution in [-0.2, 0) is 9.53 Å². The molecule has 0 spiro atoms. The quantitative estimate of drug-likeness (QED) is 0.502. The van der Waals surface area contributed by atoms with Crippen LogP contribution in [0, 0.1) is 12.3 Å². The third-order valence-corrected chi connectivity index (χ3v) is 5.90. The largest absolute Gasteiger partial charge is 0.490 e. The molecular weight excluding hydrogens is 442 g/mol. The summed E-state index contributed by atoms with van der Waals surface area (Å²) in [5, 5.41) is 3.51. The van der Waals surface area contributed by atoms with E-state index in [-0.39, 0.29) is 17.4 Å². The highest BCUT2D eigenvalue weighted by molar-refractivity contribution is 6.32. The van der Waals surface area contributed by atoms with Crippen LogP contribution in [0.3, 0.4) is 0 Å². The van der Waals surface area contributed by atoms with Gasteiger partial charge >= 0.3 is 5.97 Å². The Morgan fingerprint density at radius 2 is 1.94 bits per heavy atom. The number of esters is 1. The normalized spacial score (nSPS) is 16.6. The van der Waals surface area contributed by atoms with Gasteiger partial charge in [0.2, 0.25) is 0 Å². The number of carbonyl (C=O) groups is 2. The van der Waals surface area contributed by atoms with Crippen molar-refractivity contribution >= 4 is 29.1 Å². The van der Waals surface area contributed by atoms with Crippen molar-refractivity contribution in [1.82, 2.24) is 5.32 Å². The van der Waals surface area contributed by atoms with Crippen LogP contribution in [0.5, 0.6) is 11.5 Å². The molecule has 2 aromatic carbocycles. The van der Waals surface area contributed by atoms with Crippen molar-refractivity contribution in [2.24, 2.45) is 0 Å². The predicted octanol–water partition coefficient (Wildman–Crippen LogP) is 4.49. The van der Waals surface area contributed by atoms with Crippen LogP contribution in [0.2, 0.25) is 5.02 Å². The van der Waals surface area contributed by atoms with Crippen LogP contribution in [0.4, 0.5) is 0 Å². The topological polar surface area (TPSA) is 73.9 Å². The minimum Gasteiger partial charge on any atom is -0.490 e. The fourth-order valence-corrected chi connectivity index (χ4v) is 4.59. The molecular formula is C26H22ClNO5. The Morgan fingerprint density at radius 1 is 1.21 bits per heavy atom. The molecule has 0 bridgehead atoms. The third kappa shape index (κ3) is 3.75. The average molecular weight is 464 g/mol. The summed E-state index contributed by atoms with van der Waals surface area (Å²) in [5.41, 5.74) is 4.02. The van der Waals surface area contributed by atoms with E-state index in [9.17, 15) is 9.59 Å². The Hall–Kier alpha value is -3.69. The van der Waals surface area contributed by atoms with E-state index in [0.717, 1.165) is 5.56 Å². The van der Waals surface area contributed by atoms with Crippen molar-refractivity contribution in [2.75, 3.05) is 20.3 Å². The minimum atomic E-state index is -0.716. The van der Waals surface area contributed by atoms with E-state index >= 15 is 0 Å². The molecule has 0 saturated heterocycles. The summed E-state index contributed by atoms with van der Waals surface area (Å²) in [4.78, 5) is 26.4. The first-order valence-electron chi connectivity index (χ1n) is 10.4. The molecule has 1 heterocycles. The van der Waals surface area contributed by atoms with E-state index in [1.165, 1.54) is 7.11 Å². The lowest BCUT2D eigenvalue weighted by Crippen LogP contribution is -2.29. The number of methoxy groups -OCH3 is 1. The number of hydrogen-bond acceptors (Lipinski definition) is 6. The molecule has 0 fully saturated rings. The van der Waals surface area contributed by atoms with Crippen molar-refractivity contribution in [2.45, 2.75) is 19.8 Å². The molecule has 1 aliphatic carbocycles. The van der Waals surface area contributed by atoms with Crippen LogP contribution in [0.25, 0.3) is 5.70 Å². The summed E-state index contributed by atoms with van der Waals surface area (Å²) >= 11 is 6.57. The van der Waals surface area contributed by atoms with E-state index in [4.69, 9.17) is 32.2 Å². The van der Waals surface area contributed by atoms with Gasteiger partial charge in [0.25, 0.3) is 0 Å². The first-order valence-corrected chi connectivity index (χ1v) is 10.8. The van der Waals surface area contributed by atoms with Gasteiger partial charge in [-0.25, -0.2) is 4.79 Å². The minimum absolute atomic E-state index is 0.0159. The van der Waals surface area contributed by atoms with Gasteiger partial charge in [0.1, 0.15) is 6.61 Å². The maximum absolute atomic E-state index is 13.5. The molecule has 0 saturated carbocycles. The standard InChI is InChI=1S/C26H22ClNO5/c1-5-11-33-25-18(27)12-15(13-19(25)32-6-2)21-20(26(30)31-4)14(3)28-23-16-9-7-8-10-17(16)24(29)22(21)23/h1,7-10,12-13,21,28H,6,11H2,2-4H3/t21-/m0/s1. The molecule has 6 nitrogen and oxygen atoms in total. The number of benzene rings is 2. The van der Waals surface area contributed by atoms with Gasteiger partial charge in [0, 0.05) is 28.3 Å². The number of terminal acetylenes is 1. The van der Waals surface area contributed by atoms with E-state index < -0.39 is 11.9 Å². The molecule has 1 atom stereocenters. The number of allylic oxidation sites excluding steroid dienone is 2. The first kappa shape index (κ1) is 22.5. The van der Waals surface area contributed by atoms with Gasteiger partial charge in [-0.2, -0.15) is 0 Å². The number of rotatable bonds is 6. The smallest absolute Gasteiger partial charge is 0.336 e. The Morgan fingerprint density at radius 3 is 2.61 bits per heavy atom. The number of ether oxygens (including phenoxy) is 3. The van der Waals surface area contributed by atoms with Gasteiger partial charge in [-0.1, -0.05) is 41.8 Å². The fourth-order valence-electron chi connectivity index (χ4n) is 4.31. The zero-order valence-corrected chi connectivity index (χ0v) is 19.2. The number of nitrogens with one attached hydrogen (secondary N) is 1. The van der Waals surface area contributed by atoms with Crippen LogP contribution >= 0.6 is 11.6 Å². The van der Waals surface area contributed by atoms with Crippen molar-refractivity contribution in [3.05, 3.63) is 75.0 Å². The van der Waals surface area contributed by atoms with Gasteiger partial charge in [0.15, 0.2) is 17.3 Å². The summed E-state index contributed by atoms with van der Waals surface area (Å²) in [7, 11) is 1.31. The molecule has 0 unspecified atom stereocenters. The number of carbonyl (C=O) groups excluding carboxylic acids is 2. The second kappa shape index (κ2) is 9.05. The highest BCUT2D eigenvalue weighted by Crippen LogP contribution is 2.49. The van der Waals surface area contributed by atoms with Crippen LogP contribution in [-0.4, -0.2) is 32.1 Å². The van der Waals surface area contributed by atoms with Gasteiger partial charge < -0.3 is 19.5 Å². The summed E-state index contributed by atoms with van der Waals surface area (Å²) in [6.45, 7) is 3.99. The molecule has 2 aliphatic rings. The van der Waals surface area contributed by atoms with E-state index in [2.05, 4.69) is 11.2 Å². The van der Waals surface area contributed by atoms with E-state index in [1.807, 2.05) is 25.1 Å². The van der Waals surface area contributed by atoms with Gasteiger partial charge in [0.05, 0.1) is 30.0 Å². The molecule has 0 radical (unpaired) electrons. The highest BCUT2D eigenvalue weighted by Gasteiger charge is 2.43. The van der Waals surface area contributed by atoms with Crippen LogP contribution < -0.4 is 14.8 Å². The molecule has 168 valence electrons. The molecule has 2 aromatic rings. The second-order valence-corrected chi connectivity index (χ2v) is 7.91. The number of Topliss-reactive ketones (excluding diaryl/α,β-unsaturated/α-hetero) is 1. The predicted molar refractivity (Wildman–Crippen MR) is 125 cm³/mol. The Kier molecular flexibility index (Phi) is 6.17. The monoisotopic (exact) mass is 463 g/mol. The molecule has 1 N–H and O–H groups in total. The highest BCUT2D eigenvalue weighted by atomic mass is 35.5. The third-order valence-electron chi connectivity index (χ3n) is 5.62.